The molecule has 0 bridgehead atoms. The minimum absolute atomic E-state index is 0.0160. The van der Waals surface area contributed by atoms with Crippen molar-refractivity contribution in [3.05, 3.63) is 72.3 Å². The van der Waals surface area contributed by atoms with E-state index in [-0.39, 0.29) is 18.6 Å². The van der Waals surface area contributed by atoms with Crippen molar-refractivity contribution < 1.29 is 9.90 Å². The van der Waals surface area contributed by atoms with Gasteiger partial charge in [-0.3, -0.25) is 9.69 Å². The van der Waals surface area contributed by atoms with E-state index in [4.69, 9.17) is 0 Å². The SMILES string of the molecule is C[C@H](C(=O)Nc1ccccc1)N(C/C=C/c1ccccc1)CCO. The fourth-order valence-electron chi connectivity index (χ4n) is 2.39. The van der Waals surface area contributed by atoms with Crippen LogP contribution in [0.15, 0.2) is 66.7 Å². The molecule has 0 heterocycles. The monoisotopic (exact) mass is 324 g/mol. The van der Waals surface area contributed by atoms with Gasteiger partial charge < -0.3 is 10.4 Å². The van der Waals surface area contributed by atoms with Gasteiger partial charge in [0.2, 0.25) is 5.91 Å². The number of carbonyl (C=O) groups excluding carboxylic acids is 1. The molecule has 0 saturated carbocycles. The van der Waals surface area contributed by atoms with E-state index in [0.717, 1.165) is 11.3 Å². The molecule has 24 heavy (non-hydrogen) atoms. The van der Waals surface area contributed by atoms with Crippen LogP contribution in [0.3, 0.4) is 0 Å². The topological polar surface area (TPSA) is 52.6 Å². The lowest BCUT2D eigenvalue weighted by atomic mass is 10.2. The van der Waals surface area contributed by atoms with Crippen molar-refractivity contribution in [2.75, 3.05) is 25.0 Å². The first-order valence-corrected chi connectivity index (χ1v) is 8.13. The number of benzene rings is 2. The minimum atomic E-state index is -0.335. The highest BCUT2D eigenvalue weighted by Gasteiger charge is 2.19. The lowest BCUT2D eigenvalue weighted by Gasteiger charge is -2.26. The summed E-state index contributed by atoms with van der Waals surface area (Å²) >= 11 is 0. The van der Waals surface area contributed by atoms with Gasteiger partial charge in [0.05, 0.1) is 12.6 Å². The molecule has 2 aromatic carbocycles. The molecule has 2 N–H and O–H groups in total. The van der Waals surface area contributed by atoms with Gasteiger partial charge >= 0.3 is 0 Å². The summed E-state index contributed by atoms with van der Waals surface area (Å²) in [5, 5.41) is 12.2. The Hall–Kier alpha value is -2.43. The Morgan fingerprint density at radius 1 is 1.12 bits per heavy atom. The first-order valence-electron chi connectivity index (χ1n) is 8.13. The summed E-state index contributed by atoms with van der Waals surface area (Å²) in [7, 11) is 0. The molecule has 4 nitrogen and oxygen atoms in total. The molecule has 1 atom stereocenters. The van der Waals surface area contributed by atoms with Gasteiger partial charge in [0, 0.05) is 18.8 Å². The van der Waals surface area contributed by atoms with Crippen molar-refractivity contribution in [3.8, 4) is 0 Å². The number of para-hydroxylation sites is 1. The van der Waals surface area contributed by atoms with Gasteiger partial charge in [0.25, 0.3) is 0 Å². The molecule has 0 spiro atoms. The Morgan fingerprint density at radius 2 is 1.75 bits per heavy atom. The van der Waals surface area contributed by atoms with Crippen LogP contribution in [-0.2, 0) is 4.79 Å². The zero-order valence-corrected chi connectivity index (χ0v) is 13.9. The number of amides is 1. The average molecular weight is 324 g/mol. The summed E-state index contributed by atoms with van der Waals surface area (Å²) < 4.78 is 0. The molecule has 1 amide bonds. The number of aliphatic hydroxyl groups excluding tert-OH is 1. The largest absolute Gasteiger partial charge is 0.395 e. The third kappa shape index (κ3) is 5.65. The van der Waals surface area contributed by atoms with Crippen molar-refractivity contribution in [1.29, 1.82) is 0 Å². The van der Waals surface area contributed by atoms with Crippen LogP contribution in [0.1, 0.15) is 12.5 Å². The Morgan fingerprint density at radius 3 is 2.38 bits per heavy atom. The molecule has 0 fully saturated rings. The molecular formula is C20H24N2O2. The molecule has 0 aliphatic heterocycles. The van der Waals surface area contributed by atoms with Gasteiger partial charge in [-0.25, -0.2) is 0 Å². The number of nitrogens with zero attached hydrogens (tertiary/aromatic N) is 1. The van der Waals surface area contributed by atoms with Gasteiger partial charge in [0.1, 0.15) is 0 Å². The van der Waals surface area contributed by atoms with Crippen molar-refractivity contribution in [2.24, 2.45) is 0 Å². The van der Waals surface area contributed by atoms with Crippen LogP contribution in [0, 0.1) is 0 Å². The average Bonchev–Trinajstić information content (AvgIpc) is 2.62. The molecule has 126 valence electrons. The summed E-state index contributed by atoms with van der Waals surface area (Å²) in [4.78, 5) is 14.3. The first kappa shape index (κ1) is 17.9. The predicted molar refractivity (Wildman–Crippen MR) is 98.7 cm³/mol. The molecule has 4 heteroatoms. The van der Waals surface area contributed by atoms with Crippen molar-refractivity contribution >= 4 is 17.7 Å². The van der Waals surface area contributed by atoms with Gasteiger partial charge in [-0.2, -0.15) is 0 Å². The Kier molecular flexibility index (Phi) is 7.21. The quantitative estimate of drug-likeness (QED) is 0.785. The van der Waals surface area contributed by atoms with E-state index >= 15 is 0 Å². The zero-order chi connectivity index (χ0) is 17.2. The van der Waals surface area contributed by atoms with Crippen molar-refractivity contribution in [2.45, 2.75) is 13.0 Å². The zero-order valence-electron chi connectivity index (χ0n) is 13.9. The fraction of sp³-hybridized carbons (Fsp3) is 0.250. The molecule has 0 radical (unpaired) electrons. The van der Waals surface area contributed by atoms with Crippen molar-refractivity contribution in [3.63, 3.8) is 0 Å². The number of aliphatic hydroxyl groups is 1. The molecule has 0 saturated heterocycles. The molecule has 0 unspecified atom stereocenters. The molecule has 0 aromatic heterocycles. The van der Waals surface area contributed by atoms with E-state index in [1.807, 2.05) is 84.6 Å². The second-order valence-electron chi connectivity index (χ2n) is 5.56. The van der Waals surface area contributed by atoms with E-state index in [2.05, 4.69) is 5.32 Å². The number of nitrogens with one attached hydrogen (secondary N) is 1. The number of hydrogen-bond donors (Lipinski definition) is 2. The smallest absolute Gasteiger partial charge is 0.241 e. The van der Waals surface area contributed by atoms with Gasteiger partial charge in [-0.1, -0.05) is 60.7 Å². The number of anilines is 1. The predicted octanol–water partition coefficient (Wildman–Crippen LogP) is 3.02. The van der Waals surface area contributed by atoms with Crippen LogP contribution < -0.4 is 5.32 Å². The standard InChI is InChI=1S/C20H24N2O2/c1-17(20(24)21-19-12-6-3-7-13-19)22(15-16-23)14-8-11-18-9-4-2-5-10-18/h2-13,17,23H,14-16H2,1H3,(H,21,24)/b11-8+/t17-/m1/s1. The Labute approximate surface area is 143 Å². The van der Waals surface area contributed by atoms with Gasteiger partial charge in [0.15, 0.2) is 0 Å². The van der Waals surface area contributed by atoms with E-state index < -0.39 is 0 Å². The number of carbonyl (C=O) groups is 1. The number of rotatable bonds is 8. The molecule has 0 aliphatic carbocycles. The second kappa shape index (κ2) is 9.65. The highest BCUT2D eigenvalue weighted by atomic mass is 16.3. The third-order valence-electron chi connectivity index (χ3n) is 3.81. The van der Waals surface area contributed by atoms with Crippen LogP contribution in [0.2, 0.25) is 0 Å². The molecule has 2 aromatic rings. The van der Waals surface area contributed by atoms with Gasteiger partial charge in [-0.15, -0.1) is 0 Å². The lowest BCUT2D eigenvalue weighted by Crippen LogP contribution is -2.43. The van der Waals surface area contributed by atoms with Crippen LogP contribution in [0.4, 0.5) is 5.69 Å². The van der Waals surface area contributed by atoms with E-state index in [0.29, 0.717) is 13.1 Å². The molecule has 0 aliphatic rings. The Balaban J connectivity index is 1.95. The fourth-order valence-corrected chi connectivity index (χ4v) is 2.39. The minimum Gasteiger partial charge on any atom is -0.395 e. The van der Waals surface area contributed by atoms with E-state index in [1.54, 1.807) is 0 Å². The van der Waals surface area contributed by atoms with Crippen LogP contribution >= 0.6 is 0 Å². The summed E-state index contributed by atoms with van der Waals surface area (Å²) in [5.41, 5.74) is 1.89. The summed E-state index contributed by atoms with van der Waals surface area (Å²) in [6, 6.07) is 19.1. The van der Waals surface area contributed by atoms with Crippen LogP contribution in [0.25, 0.3) is 6.08 Å². The normalized spacial score (nSPS) is 12.5. The van der Waals surface area contributed by atoms with E-state index in [1.165, 1.54) is 0 Å². The summed E-state index contributed by atoms with van der Waals surface area (Å²) in [5.74, 6) is -0.0808. The molecular weight excluding hydrogens is 300 g/mol. The molecule has 2 rings (SSSR count). The first-order chi connectivity index (χ1) is 11.7. The maximum atomic E-state index is 12.4. The third-order valence-corrected chi connectivity index (χ3v) is 3.81. The van der Waals surface area contributed by atoms with E-state index in [9.17, 15) is 9.90 Å². The van der Waals surface area contributed by atoms with Crippen LogP contribution in [0.5, 0.6) is 0 Å². The van der Waals surface area contributed by atoms with Crippen molar-refractivity contribution in [1.82, 2.24) is 4.90 Å². The Bertz CT molecular complexity index is 641. The van der Waals surface area contributed by atoms with Crippen LogP contribution in [-0.4, -0.2) is 41.7 Å². The maximum absolute atomic E-state index is 12.4. The highest BCUT2D eigenvalue weighted by molar-refractivity contribution is 5.94. The number of hydrogen-bond acceptors (Lipinski definition) is 3. The maximum Gasteiger partial charge on any atom is 0.241 e. The highest BCUT2D eigenvalue weighted by Crippen LogP contribution is 2.09. The lowest BCUT2D eigenvalue weighted by molar-refractivity contribution is -0.120. The summed E-state index contributed by atoms with van der Waals surface area (Å²) in [6.07, 6.45) is 4.03. The summed E-state index contributed by atoms with van der Waals surface area (Å²) in [6.45, 7) is 2.91. The van der Waals surface area contributed by atoms with Gasteiger partial charge in [-0.05, 0) is 24.6 Å². The second-order valence-corrected chi connectivity index (χ2v) is 5.56.